The highest BCUT2D eigenvalue weighted by Gasteiger charge is 2.20. The summed E-state index contributed by atoms with van der Waals surface area (Å²) in [5.74, 6) is 0.375. The van der Waals surface area contributed by atoms with Gasteiger partial charge in [-0.3, -0.25) is 0 Å². The monoisotopic (exact) mass is 497 g/mol. The lowest BCUT2D eigenvalue weighted by molar-refractivity contribution is 0.0891. The van der Waals surface area contributed by atoms with Crippen molar-refractivity contribution in [1.82, 2.24) is 30.4 Å². The number of benzene rings is 2. The minimum atomic E-state index is -0.733. The molecule has 0 aliphatic rings. The summed E-state index contributed by atoms with van der Waals surface area (Å²) in [5.41, 5.74) is 3.57. The first-order valence-corrected chi connectivity index (χ1v) is 12.4. The van der Waals surface area contributed by atoms with Crippen LogP contribution < -0.4 is 10.6 Å². The molecule has 1 aromatic heterocycles. The summed E-state index contributed by atoms with van der Waals surface area (Å²) in [4.78, 5) is 14.8. The molecule has 0 spiro atoms. The van der Waals surface area contributed by atoms with Crippen molar-refractivity contribution in [3.63, 3.8) is 0 Å². The molecule has 0 unspecified atom stereocenters. The number of amides is 2. The van der Waals surface area contributed by atoms with Crippen LogP contribution in [0.2, 0.25) is 0 Å². The Hall–Kier alpha value is -3.37. The first-order chi connectivity index (χ1) is 17.3. The van der Waals surface area contributed by atoms with Crippen molar-refractivity contribution in [3.8, 4) is 11.4 Å². The predicted molar refractivity (Wildman–Crippen MR) is 138 cm³/mol. The third-order valence-electron chi connectivity index (χ3n) is 6.22. The number of halogens is 1. The van der Waals surface area contributed by atoms with Crippen LogP contribution >= 0.6 is 0 Å². The summed E-state index contributed by atoms with van der Waals surface area (Å²) < 4.78 is 14.6. The van der Waals surface area contributed by atoms with Crippen LogP contribution in [0, 0.1) is 5.82 Å². The molecule has 194 valence electrons. The average molecular weight is 498 g/mol. The average Bonchev–Trinajstić information content (AvgIpc) is 3.29. The number of hydrogen-bond acceptors (Lipinski definition) is 6. The Balaban J connectivity index is 1.51. The summed E-state index contributed by atoms with van der Waals surface area (Å²) in [6.07, 6.45) is 1.79. The van der Waals surface area contributed by atoms with Crippen LogP contribution in [0.1, 0.15) is 38.3 Å². The zero-order valence-electron chi connectivity index (χ0n) is 21.4. The van der Waals surface area contributed by atoms with Gasteiger partial charge < -0.3 is 20.6 Å². The standard InChI is InChI=1S/C26H36FN7O2/c1-5-19-14-21(25-30-31-32-33(25)4)16-23(15-19)29-26(36)28-18(3)24(35)17-34(6-2)13-7-8-20-9-11-22(27)12-10-20/h9-12,14-16,18,24,35H,5-8,13,17H2,1-4H3,(H2,28,29,36)/t18-,24+/m1/s1. The molecular weight excluding hydrogens is 461 g/mol. The fraction of sp³-hybridized carbons (Fsp3) is 0.462. The SMILES string of the molecule is CCc1cc(NC(=O)N[C@H](C)[C@@H](O)CN(CC)CCCc2ccc(F)cc2)cc(-c2nnnn2C)c1. The van der Waals surface area contributed by atoms with Gasteiger partial charge in [0.15, 0.2) is 5.82 Å². The summed E-state index contributed by atoms with van der Waals surface area (Å²) in [7, 11) is 1.76. The molecule has 0 bridgehead atoms. The number of aliphatic hydroxyl groups is 1. The van der Waals surface area contributed by atoms with E-state index in [1.807, 2.05) is 32.0 Å². The molecule has 1 heterocycles. The van der Waals surface area contributed by atoms with Crippen molar-refractivity contribution in [2.75, 3.05) is 25.0 Å². The van der Waals surface area contributed by atoms with E-state index in [1.165, 1.54) is 12.1 Å². The van der Waals surface area contributed by atoms with E-state index in [2.05, 4.69) is 31.1 Å². The van der Waals surface area contributed by atoms with Crippen molar-refractivity contribution in [2.24, 2.45) is 7.05 Å². The fourth-order valence-corrected chi connectivity index (χ4v) is 4.00. The van der Waals surface area contributed by atoms with Crippen LogP contribution in [-0.2, 0) is 19.9 Å². The lowest BCUT2D eigenvalue weighted by atomic mass is 10.1. The van der Waals surface area contributed by atoms with Crippen LogP contribution in [0.5, 0.6) is 0 Å². The molecule has 3 N–H and O–H groups in total. The van der Waals surface area contributed by atoms with Gasteiger partial charge in [0.1, 0.15) is 5.82 Å². The molecule has 9 nitrogen and oxygen atoms in total. The van der Waals surface area contributed by atoms with Crippen LogP contribution in [-0.4, -0.2) is 68.0 Å². The second-order valence-corrected chi connectivity index (χ2v) is 8.98. The van der Waals surface area contributed by atoms with Gasteiger partial charge in [0, 0.05) is 24.8 Å². The molecule has 2 atom stereocenters. The third kappa shape index (κ3) is 7.82. The molecule has 2 aromatic carbocycles. The minimum Gasteiger partial charge on any atom is -0.390 e. The Kier molecular flexibility index (Phi) is 9.89. The van der Waals surface area contributed by atoms with E-state index >= 15 is 0 Å². The smallest absolute Gasteiger partial charge is 0.319 e. The number of aryl methyl sites for hydroxylation is 3. The Morgan fingerprint density at radius 2 is 1.92 bits per heavy atom. The molecule has 0 fully saturated rings. The van der Waals surface area contributed by atoms with E-state index in [0.717, 1.165) is 49.0 Å². The van der Waals surface area contributed by atoms with Crippen molar-refractivity contribution >= 4 is 11.7 Å². The van der Waals surface area contributed by atoms with Crippen molar-refractivity contribution in [3.05, 3.63) is 59.4 Å². The Morgan fingerprint density at radius 1 is 1.17 bits per heavy atom. The van der Waals surface area contributed by atoms with Crippen LogP contribution in [0.15, 0.2) is 42.5 Å². The number of likely N-dealkylation sites (N-methyl/N-ethyl adjacent to an activating group) is 1. The number of hydrogen-bond donors (Lipinski definition) is 3. The lowest BCUT2D eigenvalue weighted by Gasteiger charge is -2.27. The van der Waals surface area contributed by atoms with E-state index in [9.17, 15) is 14.3 Å². The summed E-state index contributed by atoms with van der Waals surface area (Å²) in [5, 5.41) is 28.0. The molecule has 0 aliphatic carbocycles. The van der Waals surface area contributed by atoms with Crippen LogP contribution in [0.3, 0.4) is 0 Å². The topological polar surface area (TPSA) is 108 Å². The van der Waals surface area contributed by atoms with E-state index in [1.54, 1.807) is 30.8 Å². The highest BCUT2D eigenvalue weighted by molar-refractivity contribution is 5.90. The van der Waals surface area contributed by atoms with E-state index in [4.69, 9.17) is 0 Å². The molecule has 0 saturated heterocycles. The maximum absolute atomic E-state index is 13.1. The Bertz CT molecular complexity index is 1120. The normalized spacial score (nSPS) is 13.0. The number of rotatable bonds is 12. The minimum absolute atomic E-state index is 0.233. The number of nitrogens with zero attached hydrogens (tertiary/aromatic N) is 5. The number of urea groups is 1. The van der Waals surface area contributed by atoms with Gasteiger partial charge in [-0.05, 0) is 91.2 Å². The van der Waals surface area contributed by atoms with E-state index < -0.39 is 18.2 Å². The zero-order chi connectivity index (χ0) is 26.1. The number of anilines is 1. The quantitative estimate of drug-likeness (QED) is 0.354. The number of tetrazole rings is 1. The largest absolute Gasteiger partial charge is 0.390 e. The Morgan fingerprint density at radius 3 is 2.56 bits per heavy atom. The van der Waals surface area contributed by atoms with Crippen molar-refractivity contribution < 1.29 is 14.3 Å². The van der Waals surface area contributed by atoms with Gasteiger partial charge in [-0.1, -0.05) is 26.0 Å². The first-order valence-electron chi connectivity index (χ1n) is 12.4. The molecule has 3 rings (SSSR count). The molecule has 0 aliphatic heterocycles. The zero-order valence-corrected chi connectivity index (χ0v) is 21.4. The second-order valence-electron chi connectivity index (χ2n) is 8.98. The predicted octanol–water partition coefficient (Wildman–Crippen LogP) is 3.40. The highest BCUT2D eigenvalue weighted by atomic mass is 19.1. The number of carbonyl (C=O) groups is 1. The van der Waals surface area contributed by atoms with Crippen molar-refractivity contribution in [1.29, 1.82) is 0 Å². The van der Waals surface area contributed by atoms with E-state index in [0.29, 0.717) is 18.1 Å². The first kappa shape index (κ1) is 27.2. The number of carbonyl (C=O) groups excluding carboxylic acids is 1. The Labute approximate surface area is 211 Å². The highest BCUT2D eigenvalue weighted by Crippen LogP contribution is 2.23. The maximum atomic E-state index is 13.1. The summed E-state index contributed by atoms with van der Waals surface area (Å²) >= 11 is 0. The van der Waals surface area contributed by atoms with Gasteiger partial charge in [0.05, 0.1) is 12.1 Å². The molecule has 10 heteroatoms. The third-order valence-corrected chi connectivity index (χ3v) is 6.22. The maximum Gasteiger partial charge on any atom is 0.319 e. The van der Waals surface area contributed by atoms with E-state index in [-0.39, 0.29) is 5.82 Å². The van der Waals surface area contributed by atoms with Gasteiger partial charge >= 0.3 is 6.03 Å². The molecular formula is C26H36FN7O2. The van der Waals surface area contributed by atoms with Gasteiger partial charge in [-0.2, -0.15) is 0 Å². The molecule has 2 amide bonds. The van der Waals surface area contributed by atoms with Crippen LogP contribution in [0.4, 0.5) is 14.9 Å². The number of aliphatic hydroxyl groups excluding tert-OH is 1. The summed E-state index contributed by atoms with van der Waals surface area (Å²) in [6, 6.07) is 11.4. The number of aromatic nitrogens is 4. The van der Waals surface area contributed by atoms with Gasteiger partial charge in [-0.25, -0.2) is 13.9 Å². The molecule has 3 aromatic rings. The fourth-order valence-electron chi connectivity index (χ4n) is 4.00. The van der Waals surface area contributed by atoms with Gasteiger partial charge in [0.2, 0.25) is 0 Å². The lowest BCUT2D eigenvalue weighted by Crippen LogP contribution is -2.48. The molecule has 0 saturated carbocycles. The number of nitrogens with one attached hydrogen (secondary N) is 2. The summed E-state index contributed by atoms with van der Waals surface area (Å²) in [6.45, 7) is 7.89. The molecule has 0 radical (unpaired) electrons. The van der Waals surface area contributed by atoms with Gasteiger partial charge in [0.25, 0.3) is 0 Å². The second kappa shape index (κ2) is 13.1. The molecule has 36 heavy (non-hydrogen) atoms. The van der Waals surface area contributed by atoms with Crippen LogP contribution in [0.25, 0.3) is 11.4 Å². The van der Waals surface area contributed by atoms with Crippen molar-refractivity contribution in [2.45, 2.75) is 52.2 Å². The van der Waals surface area contributed by atoms with Gasteiger partial charge in [-0.15, -0.1) is 5.10 Å².